The van der Waals surface area contributed by atoms with Gasteiger partial charge in [0.2, 0.25) is 0 Å². The van der Waals surface area contributed by atoms with Gasteiger partial charge in [-0.3, -0.25) is 10.1 Å². The van der Waals surface area contributed by atoms with Crippen molar-refractivity contribution in [3.05, 3.63) is 76.3 Å². The Hall–Kier alpha value is -4.28. The topological polar surface area (TPSA) is 104 Å². The van der Waals surface area contributed by atoms with E-state index in [9.17, 15) is 18.9 Å². The van der Waals surface area contributed by atoms with Gasteiger partial charge in [0.05, 0.1) is 22.4 Å². The highest BCUT2D eigenvalue weighted by Gasteiger charge is 2.14. The number of nitrogens with one attached hydrogen (secondary N) is 2. The van der Waals surface area contributed by atoms with Crippen LogP contribution >= 0.6 is 0 Å². The minimum atomic E-state index is -0.521. The van der Waals surface area contributed by atoms with Gasteiger partial charge in [-0.05, 0) is 30.3 Å². The number of non-ortho nitro benzene ring substituents is 1. The van der Waals surface area contributed by atoms with E-state index in [0.29, 0.717) is 30.2 Å². The molecule has 184 valence electrons. The number of anilines is 2. The fourth-order valence-corrected chi connectivity index (χ4v) is 3.36. The van der Waals surface area contributed by atoms with E-state index in [1.54, 1.807) is 6.07 Å². The molecule has 0 aliphatic carbocycles. The van der Waals surface area contributed by atoms with Crippen LogP contribution in [0.4, 0.5) is 25.8 Å². The summed E-state index contributed by atoms with van der Waals surface area (Å²) in [6.07, 6.45) is 0. The third-order valence-electron chi connectivity index (χ3n) is 4.97. The van der Waals surface area contributed by atoms with Gasteiger partial charge in [-0.25, -0.2) is 8.78 Å². The summed E-state index contributed by atoms with van der Waals surface area (Å²) in [6.45, 7) is 1.17. The van der Waals surface area contributed by atoms with Crippen LogP contribution in [0, 0.1) is 21.7 Å². The smallest absolute Gasteiger partial charge is 0.273 e. The first-order valence-electron chi connectivity index (χ1n) is 10.9. The zero-order valence-corrected chi connectivity index (χ0v) is 18.6. The number of hydrogen-bond acceptors (Lipinski definition) is 8. The summed E-state index contributed by atoms with van der Waals surface area (Å²) >= 11 is 0. The van der Waals surface area contributed by atoms with Crippen LogP contribution in [0.3, 0.4) is 0 Å². The van der Waals surface area contributed by atoms with Crippen LogP contribution in [0.1, 0.15) is 0 Å². The lowest BCUT2D eigenvalue weighted by molar-refractivity contribution is -0.385. The first-order chi connectivity index (χ1) is 17.0. The summed E-state index contributed by atoms with van der Waals surface area (Å²) in [5.41, 5.74) is 0.937. The van der Waals surface area contributed by atoms with Crippen LogP contribution in [0.15, 0.2) is 54.6 Å². The lowest BCUT2D eigenvalue weighted by Crippen LogP contribution is -2.17. The van der Waals surface area contributed by atoms with E-state index in [1.807, 2.05) is 0 Å². The van der Waals surface area contributed by atoms with Crippen molar-refractivity contribution < 1.29 is 32.7 Å². The van der Waals surface area contributed by atoms with Crippen molar-refractivity contribution in [1.29, 1.82) is 0 Å². The number of hydrogen-bond donors (Lipinski definition) is 2. The maximum Gasteiger partial charge on any atom is 0.273 e. The van der Waals surface area contributed by atoms with Crippen molar-refractivity contribution in [2.75, 3.05) is 50.2 Å². The van der Waals surface area contributed by atoms with Crippen molar-refractivity contribution in [1.82, 2.24) is 0 Å². The highest BCUT2D eigenvalue weighted by atomic mass is 19.1. The highest BCUT2D eigenvalue weighted by molar-refractivity contribution is 5.57. The highest BCUT2D eigenvalue weighted by Crippen LogP contribution is 2.32. The van der Waals surface area contributed by atoms with Gasteiger partial charge in [-0.15, -0.1) is 0 Å². The molecule has 9 nitrogen and oxygen atoms in total. The summed E-state index contributed by atoms with van der Waals surface area (Å²) in [5, 5.41) is 17.4. The molecule has 3 aromatic rings. The minimum absolute atomic E-state index is 0.0880. The molecule has 0 atom stereocenters. The molecule has 2 N–H and O–H groups in total. The monoisotopic (exact) mass is 487 g/mol. The molecule has 1 aliphatic heterocycles. The van der Waals surface area contributed by atoms with E-state index < -0.39 is 16.6 Å². The van der Waals surface area contributed by atoms with Gasteiger partial charge in [-0.2, -0.15) is 0 Å². The number of nitrogens with zero attached hydrogens (tertiary/aromatic N) is 1. The van der Waals surface area contributed by atoms with E-state index in [2.05, 4.69) is 10.6 Å². The van der Waals surface area contributed by atoms with Crippen LogP contribution in [0.25, 0.3) is 0 Å². The van der Waals surface area contributed by atoms with Crippen LogP contribution in [0.5, 0.6) is 23.0 Å². The molecule has 1 aliphatic rings. The van der Waals surface area contributed by atoms with E-state index in [0.717, 1.165) is 0 Å². The Balaban J connectivity index is 1.57. The second-order valence-corrected chi connectivity index (χ2v) is 7.42. The molecule has 11 heteroatoms. The lowest BCUT2D eigenvalue weighted by Gasteiger charge is -2.17. The zero-order valence-electron chi connectivity index (χ0n) is 18.6. The number of nitro groups is 1. The quantitative estimate of drug-likeness (QED) is 0.378. The minimum Gasteiger partial charge on any atom is -0.488 e. The molecule has 0 spiro atoms. The fraction of sp³-hybridized carbons (Fsp3) is 0.250. The number of fused-ring (bicyclic) bond motifs is 3. The normalized spacial score (nSPS) is 14.3. The fourth-order valence-electron chi connectivity index (χ4n) is 3.36. The van der Waals surface area contributed by atoms with Crippen molar-refractivity contribution in [2.45, 2.75) is 0 Å². The molecule has 35 heavy (non-hydrogen) atoms. The van der Waals surface area contributed by atoms with Crippen LogP contribution in [-0.4, -0.2) is 44.4 Å². The average molecular weight is 487 g/mol. The third kappa shape index (κ3) is 6.40. The molecule has 0 amide bonds. The predicted octanol–water partition coefficient (Wildman–Crippen LogP) is 4.63. The number of nitro benzene ring substituents is 1. The van der Waals surface area contributed by atoms with Crippen molar-refractivity contribution in [3.8, 4) is 23.0 Å². The largest absolute Gasteiger partial charge is 0.488 e. The summed E-state index contributed by atoms with van der Waals surface area (Å²) < 4.78 is 50.4. The van der Waals surface area contributed by atoms with Crippen molar-refractivity contribution in [2.24, 2.45) is 0 Å². The Morgan fingerprint density at radius 3 is 1.71 bits per heavy atom. The Bertz CT molecular complexity index is 1190. The molecule has 1 heterocycles. The maximum atomic E-state index is 13.8. The van der Waals surface area contributed by atoms with Gasteiger partial charge in [0.1, 0.15) is 49.6 Å². The summed E-state index contributed by atoms with van der Waals surface area (Å²) in [6, 6.07) is 12.2. The van der Waals surface area contributed by atoms with Crippen LogP contribution < -0.4 is 29.6 Å². The van der Waals surface area contributed by atoms with Gasteiger partial charge >= 0.3 is 0 Å². The molecule has 0 fully saturated rings. The summed E-state index contributed by atoms with van der Waals surface area (Å²) in [7, 11) is 0. The number of halogens is 2. The average Bonchev–Trinajstić information content (AvgIpc) is 2.84. The van der Waals surface area contributed by atoms with Crippen molar-refractivity contribution >= 4 is 17.1 Å². The second kappa shape index (κ2) is 11.2. The van der Waals surface area contributed by atoms with Crippen LogP contribution in [-0.2, 0) is 0 Å². The van der Waals surface area contributed by atoms with E-state index >= 15 is 0 Å². The molecule has 0 bridgehead atoms. The Labute approximate surface area is 199 Å². The lowest BCUT2D eigenvalue weighted by atomic mass is 10.2. The molecular weight excluding hydrogens is 464 g/mol. The number of ether oxygens (including phenoxy) is 4. The molecule has 0 aromatic heterocycles. The van der Waals surface area contributed by atoms with Gasteiger partial charge in [0.25, 0.3) is 5.69 Å². The first-order valence-corrected chi connectivity index (χ1v) is 10.9. The van der Waals surface area contributed by atoms with Gasteiger partial charge in [-0.1, -0.05) is 0 Å². The van der Waals surface area contributed by atoms with Crippen LogP contribution in [0.2, 0.25) is 0 Å². The molecule has 0 radical (unpaired) electrons. The summed E-state index contributed by atoms with van der Waals surface area (Å²) in [4.78, 5) is 10.7. The predicted molar refractivity (Wildman–Crippen MR) is 125 cm³/mol. The molecule has 0 unspecified atom stereocenters. The first kappa shape index (κ1) is 23.9. The number of rotatable bonds is 1. The molecule has 3 aromatic carbocycles. The Kier molecular flexibility index (Phi) is 7.66. The maximum absolute atomic E-state index is 13.8. The van der Waals surface area contributed by atoms with E-state index in [-0.39, 0.29) is 49.4 Å². The standard InChI is InChI=1S/C24H23F2N3O6/c25-16-1-4-19-22(13-16)34-11-12-35-23-14-17(26)2-5-20(23)28-8-10-33-24-15-18(29(30)31)3-6-21(24)32-9-7-27-19/h1-6,13-15,27-28H,7-12H2. The zero-order chi connectivity index (χ0) is 24.6. The molecular formula is C24H23F2N3O6. The number of benzene rings is 3. The second-order valence-electron chi connectivity index (χ2n) is 7.42. The van der Waals surface area contributed by atoms with Gasteiger partial charge in [0.15, 0.2) is 11.5 Å². The molecule has 0 saturated heterocycles. The SMILES string of the molecule is O=[N+]([O-])c1ccc2c(c1)OCCNc1ccc(F)cc1OCCOc1cc(F)ccc1NCCO2. The van der Waals surface area contributed by atoms with Crippen molar-refractivity contribution in [3.63, 3.8) is 0 Å². The Morgan fingerprint density at radius 2 is 1.17 bits per heavy atom. The van der Waals surface area contributed by atoms with Gasteiger partial charge in [0, 0.05) is 31.3 Å². The van der Waals surface area contributed by atoms with Gasteiger partial charge < -0.3 is 29.6 Å². The molecule has 4 rings (SSSR count). The molecule has 0 saturated carbocycles. The van der Waals surface area contributed by atoms with E-state index in [4.69, 9.17) is 18.9 Å². The van der Waals surface area contributed by atoms with E-state index in [1.165, 1.54) is 48.5 Å². The third-order valence-corrected chi connectivity index (χ3v) is 4.97. The summed E-state index contributed by atoms with van der Waals surface area (Å²) in [5.74, 6) is 0.163. The Morgan fingerprint density at radius 1 is 0.657 bits per heavy atom.